The number of hydrogen-bond donors (Lipinski definition) is 3. The summed E-state index contributed by atoms with van der Waals surface area (Å²) in [6.45, 7) is 14.3. The van der Waals surface area contributed by atoms with Crippen LogP contribution in [0.3, 0.4) is 0 Å². The molecule has 0 spiro atoms. The molecule has 1 aliphatic heterocycles. The maximum absolute atomic E-state index is 10.7. The highest BCUT2D eigenvalue weighted by molar-refractivity contribution is 5.79. The molecule has 2 rings (SSSR count). The molecule has 0 radical (unpaired) electrons. The van der Waals surface area contributed by atoms with Crippen LogP contribution in [0.15, 0.2) is 21.5 Å². The lowest BCUT2D eigenvalue weighted by Gasteiger charge is -2.40. The monoisotopic (exact) mass is 364 g/mol. The van der Waals surface area contributed by atoms with Crippen LogP contribution in [0.4, 0.5) is 0 Å². The van der Waals surface area contributed by atoms with Crippen molar-refractivity contribution < 1.29 is 9.52 Å². The average Bonchev–Trinajstić information content (AvgIpc) is 3.06. The van der Waals surface area contributed by atoms with Gasteiger partial charge in [-0.3, -0.25) is 9.89 Å². The van der Waals surface area contributed by atoms with Gasteiger partial charge in [0.1, 0.15) is 17.1 Å². The van der Waals surface area contributed by atoms with E-state index in [9.17, 15) is 5.11 Å². The number of aliphatic imine (C=N–C) groups is 1. The quantitative estimate of drug-likeness (QED) is 0.512. The number of furan rings is 1. The van der Waals surface area contributed by atoms with Crippen LogP contribution in [-0.4, -0.2) is 54.2 Å². The summed E-state index contributed by atoms with van der Waals surface area (Å²) in [5.74, 6) is 2.08. The molecule has 148 valence electrons. The van der Waals surface area contributed by atoms with Crippen LogP contribution in [0.2, 0.25) is 0 Å². The van der Waals surface area contributed by atoms with Crippen LogP contribution in [0, 0.1) is 6.92 Å². The lowest BCUT2D eigenvalue weighted by molar-refractivity contribution is 0.0377. The number of aryl methyl sites for hydroxylation is 1. The van der Waals surface area contributed by atoms with Gasteiger partial charge in [-0.1, -0.05) is 6.42 Å². The van der Waals surface area contributed by atoms with E-state index in [0.29, 0.717) is 18.8 Å². The number of piperidine rings is 1. The number of aliphatic hydroxyl groups is 1. The van der Waals surface area contributed by atoms with Gasteiger partial charge >= 0.3 is 0 Å². The maximum Gasteiger partial charge on any atom is 0.191 e. The number of likely N-dealkylation sites (tertiary alicyclic amines) is 1. The SMILES string of the molecule is CCNC(=NCC(C)(C)N1CCCCC1)NCC(C)(O)c1ccc(C)o1. The summed E-state index contributed by atoms with van der Waals surface area (Å²) < 4.78 is 5.58. The first-order valence-electron chi connectivity index (χ1n) is 9.81. The Morgan fingerprint density at radius 1 is 1.19 bits per heavy atom. The molecule has 1 aromatic rings. The molecule has 0 aromatic carbocycles. The van der Waals surface area contributed by atoms with E-state index >= 15 is 0 Å². The Labute approximate surface area is 158 Å². The standard InChI is InChI=1S/C20H36N4O2/c1-6-21-18(22-14-19(3,4)24-12-8-7-9-13-24)23-15-20(5,25)17-11-10-16(2)26-17/h10-11,25H,6-9,12-15H2,1-5H3,(H2,21,22,23). The van der Waals surface area contributed by atoms with Crippen molar-refractivity contribution in [2.75, 3.05) is 32.7 Å². The van der Waals surface area contributed by atoms with E-state index in [0.717, 1.165) is 31.4 Å². The Morgan fingerprint density at radius 3 is 2.46 bits per heavy atom. The largest absolute Gasteiger partial charge is 0.463 e. The fourth-order valence-corrected chi connectivity index (χ4v) is 3.28. The first-order chi connectivity index (χ1) is 12.2. The molecule has 2 heterocycles. The number of guanidine groups is 1. The fraction of sp³-hybridized carbons (Fsp3) is 0.750. The number of rotatable bonds is 7. The van der Waals surface area contributed by atoms with Crippen molar-refractivity contribution >= 4 is 5.96 Å². The zero-order chi connectivity index (χ0) is 19.2. The topological polar surface area (TPSA) is 73.0 Å². The van der Waals surface area contributed by atoms with Crippen molar-refractivity contribution in [1.82, 2.24) is 15.5 Å². The first-order valence-corrected chi connectivity index (χ1v) is 9.81. The molecular formula is C20H36N4O2. The zero-order valence-corrected chi connectivity index (χ0v) is 17.1. The highest BCUT2D eigenvalue weighted by atomic mass is 16.4. The van der Waals surface area contributed by atoms with Gasteiger partial charge in [-0.25, -0.2) is 0 Å². The van der Waals surface area contributed by atoms with Crippen LogP contribution in [0.5, 0.6) is 0 Å². The van der Waals surface area contributed by atoms with Crippen molar-refractivity contribution in [3.63, 3.8) is 0 Å². The van der Waals surface area contributed by atoms with Gasteiger partial charge in [-0.2, -0.15) is 0 Å². The van der Waals surface area contributed by atoms with Crippen molar-refractivity contribution in [1.29, 1.82) is 0 Å². The summed E-state index contributed by atoms with van der Waals surface area (Å²) in [6, 6.07) is 3.69. The minimum atomic E-state index is -1.09. The molecular weight excluding hydrogens is 328 g/mol. The average molecular weight is 365 g/mol. The third-order valence-electron chi connectivity index (χ3n) is 5.05. The molecule has 0 aliphatic carbocycles. The van der Waals surface area contributed by atoms with E-state index in [2.05, 4.69) is 29.4 Å². The second-order valence-corrected chi connectivity index (χ2v) is 8.09. The molecule has 6 nitrogen and oxygen atoms in total. The van der Waals surface area contributed by atoms with Gasteiger partial charge in [0.2, 0.25) is 0 Å². The third-order valence-corrected chi connectivity index (χ3v) is 5.05. The Hall–Kier alpha value is -1.53. The lowest BCUT2D eigenvalue weighted by Crippen LogP contribution is -2.50. The normalized spacial score (nSPS) is 19.2. The van der Waals surface area contributed by atoms with Gasteiger partial charge in [0.25, 0.3) is 0 Å². The third kappa shape index (κ3) is 5.74. The predicted octanol–water partition coefficient (Wildman–Crippen LogP) is 2.62. The van der Waals surface area contributed by atoms with Gasteiger partial charge in [0, 0.05) is 12.1 Å². The molecule has 1 aromatic heterocycles. The van der Waals surface area contributed by atoms with Gasteiger partial charge < -0.3 is 20.2 Å². The van der Waals surface area contributed by atoms with Crippen LogP contribution in [0.25, 0.3) is 0 Å². The molecule has 26 heavy (non-hydrogen) atoms. The molecule has 1 atom stereocenters. The Morgan fingerprint density at radius 2 is 1.88 bits per heavy atom. The Bertz CT molecular complexity index is 586. The summed E-state index contributed by atoms with van der Waals surface area (Å²) in [5.41, 5.74) is -1.06. The van der Waals surface area contributed by atoms with Gasteiger partial charge in [-0.05, 0) is 72.7 Å². The minimum absolute atomic E-state index is 0.0312. The van der Waals surface area contributed by atoms with Crippen molar-refractivity contribution in [3.8, 4) is 0 Å². The van der Waals surface area contributed by atoms with E-state index in [-0.39, 0.29) is 5.54 Å². The van der Waals surface area contributed by atoms with Crippen molar-refractivity contribution in [3.05, 3.63) is 23.7 Å². The van der Waals surface area contributed by atoms with E-state index in [1.54, 1.807) is 6.92 Å². The highest BCUT2D eigenvalue weighted by Gasteiger charge is 2.29. The van der Waals surface area contributed by atoms with Crippen molar-refractivity contribution in [2.24, 2.45) is 4.99 Å². The molecule has 3 N–H and O–H groups in total. The molecule has 1 aliphatic rings. The maximum atomic E-state index is 10.7. The van der Waals surface area contributed by atoms with E-state index in [1.807, 2.05) is 26.0 Å². The Kier molecular flexibility index (Phi) is 7.12. The predicted molar refractivity (Wildman–Crippen MR) is 107 cm³/mol. The van der Waals surface area contributed by atoms with Crippen LogP contribution in [-0.2, 0) is 5.60 Å². The van der Waals surface area contributed by atoms with Crippen LogP contribution in [0.1, 0.15) is 58.5 Å². The van der Waals surface area contributed by atoms with E-state index < -0.39 is 5.60 Å². The molecule has 1 saturated heterocycles. The van der Waals surface area contributed by atoms with Gasteiger partial charge in [0.05, 0.1) is 13.1 Å². The zero-order valence-electron chi connectivity index (χ0n) is 17.1. The minimum Gasteiger partial charge on any atom is -0.463 e. The highest BCUT2D eigenvalue weighted by Crippen LogP contribution is 2.22. The molecule has 0 amide bonds. The van der Waals surface area contributed by atoms with Crippen LogP contribution >= 0.6 is 0 Å². The second kappa shape index (κ2) is 8.91. The van der Waals surface area contributed by atoms with Gasteiger partial charge in [0.15, 0.2) is 5.96 Å². The summed E-state index contributed by atoms with van der Waals surface area (Å²) in [5, 5.41) is 17.2. The lowest BCUT2D eigenvalue weighted by atomic mass is 9.99. The number of hydrogen-bond acceptors (Lipinski definition) is 4. The smallest absolute Gasteiger partial charge is 0.191 e. The van der Waals surface area contributed by atoms with E-state index in [1.165, 1.54) is 19.3 Å². The molecule has 0 bridgehead atoms. The molecule has 1 fully saturated rings. The number of nitrogens with zero attached hydrogens (tertiary/aromatic N) is 2. The van der Waals surface area contributed by atoms with Crippen LogP contribution < -0.4 is 10.6 Å². The summed E-state index contributed by atoms with van der Waals surface area (Å²) >= 11 is 0. The summed E-state index contributed by atoms with van der Waals surface area (Å²) in [7, 11) is 0. The summed E-state index contributed by atoms with van der Waals surface area (Å²) in [4.78, 5) is 7.31. The summed E-state index contributed by atoms with van der Waals surface area (Å²) in [6.07, 6.45) is 3.88. The molecule has 6 heteroatoms. The van der Waals surface area contributed by atoms with E-state index in [4.69, 9.17) is 9.41 Å². The molecule has 0 saturated carbocycles. The number of nitrogens with one attached hydrogen (secondary N) is 2. The second-order valence-electron chi connectivity index (χ2n) is 8.09. The van der Waals surface area contributed by atoms with Gasteiger partial charge in [-0.15, -0.1) is 0 Å². The first kappa shape index (κ1) is 20.8. The fourth-order valence-electron chi connectivity index (χ4n) is 3.28. The van der Waals surface area contributed by atoms with Crippen molar-refractivity contribution in [2.45, 2.75) is 65.0 Å². The molecule has 1 unspecified atom stereocenters. The Balaban J connectivity index is 1.97.